The van der Waals surface area contributed by atoms with Gasteiger partial charge in [-0.3, -0.25) is 0 Å². The Morgan fingerprint density at radius 2 is 2.04 bits per heavy atom. The van der Waals surface area contributed by atoms with Crippen molar-refractivity contribution in [3.05, 3.63) is 34.0 Å². The van der Waals surface area contributed by atoms with Crippen LogP contribution in [0.4, 0.5) is 10.9 Å². The lowest BCUT2D eigenvalue weighted by atomic mass is 9.96. The summed E-state index contributed by atoms with van der Waals surface area (Å²) >= 11 is 7.02. The van der Waals surface area contributed by atoms with Gasteiger partial charge in [-0.1, -0.05) is 12.8 Å². The molecule has 2 N–H and O–H groups in total. The van der Waals surface area contributed by atoms with Crippen molar-refractivity contribution in [2.24, 2.45) is 0 Å². The van der Waals surface area contributed by atoms with Crippen molar-refractivity contribution in [2.75, 3.05) is 17.2 Å². The molecule has 0 fully saturated rings. The number of nitrogens with one attached hydrogen (secondary N) is 2. The fourth-order valence-corrected chi connectivity index (χ4v) is 4.71. The molecule has 0 saturated carbocycles. The number of hydrogen-bond donors (Lipinski definition) is 2. The van der Waals surface area contributed by atoms with Gasteiger partial charge < -0.3 is 15.4 Å². The SMILES string of the molecule is CCOC(=O)c1c(NC(=S)Nc2nccc(C)n2)sc2c1CCCCCC2. The summed E-state index contributed by atoms with van der Waals surface area (Å²) in [6.07, 6.45) is 8.25. The van der Waals surface area contributed by atoms with Gasteiger partial charge in [0.2, 0.25) is 5.95 Å². The Kier molecular flexibility index (Phi) is 6.73. The molecule has 0 unspecified atom stereocenters. The predicted molar refractivity (Wildman–Crippen MR) is 113 cm³/mol. The first-order valence-corrected chi connectivity index (χ1v) is 10.5. The average molecular weight is 405 g/mol. The van der Waals surface area contributed by atoms with Gasteiger partial charge in [-0.25, -0.2) is 14.8 Å². The molecular weight excluding hydrogens is 380 g/mol. The van der Waals surface area contributed by atoms with Gasteiger partial charge in [0.1, 0.15) is 5.00 Å². The normalized spacial score (nSPS) is 13.9. The zero-order valence-corrected chi connectivity index (χ0v) is 17.3. The van der Waals surface area contributed by atoms with Crippen LogP contribution in [0.15, 0.2) is 12.3 Å². The molecule has 0 bridgehead atoms. The Morgan fingerprint density at radius 1 is 1.26 bits per heavy atom. The minimum atomic E-state index is -0.285. The molecule has 0 radical (unpaired) electrons. The van der Waals surface area contributed by atoms with Gasteiger partial charge >= 0.3 is 5.97 Å². The maximum Gasteiger partial charge on any atom is 0.341 e. The van der Waals surface area contributed by atoms with Crippen LogP contribution in [0, 0.1) is 6.92 Å². The minimum Gasteiger partial charge on any atom is -0.462 e. The van der Waals surface area contributed by atoms with Gasteiger partial charge in [0.15, 0.2) is 5.11 Å². The number of thiophene rings is 1. The minimum absolute atomic E-state index is 0.285. The Balaban J connectivity index is 1.85. The number of hydrogen-bond acceptors (Lipinski definition) is 6. The highest BCUT2D eigenvalue weighted by Gasteiger charge is 2.25. The van der Waals surface area contributed by atoms with Crippen LogP contribution in [0.25, 0.3) is 0 Å². The standard InChI is InChI=1S/C19H24N4O2S2/c1-3-25-17(24)15-13-8-6-4-5-7-9-14(13)27-16(15)22-19(26)23-18-20-11-10-12(2)21-18/h10-11H,3-9H2,1-2H3,(H2,20,21,22,23,26). The van der Waals surface area contributed by atoms with Crippen LogP contribution in [-0.4, -0.2) is 27.7 Å². The van der Waals surface area contributed by atoms with E-state index in [1.165, 1.54) is 17.7 Å². The molecule has 144 valence electrons. The summed E-state index contributed by atoms with van der Waals surface area (Å²) in [5.41, 5.74) is 2.60. The summed E-state index contributed by atoms with van der Waals surface area (Å²) in [6, 6.07) is 1.82. The molecule has 0 atom stereocenters. The van der Waals surface area contributed by atoms with Gasteiger partial charge in [0, 0.05) is 16.8 Å². The van der Waals surface area contributed by atoms with Crippen molar-refractivity contribution in [3.8, 4) is 0 Å². The van der Waals surface area contributed by atoms with Gasteiger partial charge in [-0.2, -0.15) is 0 Å². The number of rotatable bonds is 4. The van der Waals surface area contributed by atoms with E-state index in [2.05, 4.69) is 20.6 Å². The smallest absolute Gasteiger partial charge is 0.341 e. The summed E-state index contributed by atoms with van der Waals surface area (Å²) in [5, 5.41) is 7.26. The van der Waals surface area contributed by atoms with Gasteiger partial charge in [0.25, 0.3) is 0 Å². The average Bonchev–Trinajstić information content (AvgIpc) is 2.91. The van der Waals surface area contributed by atoms with Crippen molar-refractivity contribution in [3.63, 3.8) is 0 Å². The second kappa shape index (κ2) is 9.23. The number of nitrogens with zero attached hydrogens (tertiary/aromatic N) is 2. The Labute approximate surface area is 168 Å². The third-order valence-corrected chi connectivity index (χ3v) is 5.81. The Bertz CT molecular complexity index is 835. The van der Waals surface area contributed by atoms with E-state index < -0.39 is 0 Å². The molecule has 0 amide bonds. The van der Waals surface area contributed by atoms with Gasteiger partial charge in [0.05, 0.1) is 12.2 Å². The van der Waals surface area contributed by atoms with E-state index >= 15 is 0 Å². The summed E-state index contributed by atoms with van der Waals surface area (Å²) < 4.78 is 5.32. The summed E-state index contributed by atoms with van der Waals surface area (Å²) in [5.74, 6) is 0.146. The van der Waals surface area contributed by atoms with Gasteiger partial charge in [-0.05, 0) is 63.4 Å². The topological polar surface area (TPSA) is 76.1 Å². The summed E-state index contributed by atoms with van der Waals surface area (Å²) in [7, 11) is 0. The summed E-state index contributed by atoms with van der Waals surface area (Å²) in [6.45, 7) is 4.06. The summed E-state index contributed by atoms with van der Waals surface area (Å²) in [4.78, 5) is 22.4. The lowest BCUT2D eigenvalue weighted by molar-refractivity contribution is 0.0526. The second-order valence-corrected chi connectivity index (χ2v) is 7.96. The van der Waals surface area contributed by atoms with E-state index in [9.17, 15) is 4.79 Å². The number of esters is 1. The van der Waals surface area contributed by atoms with Crippen molar-refractivity contribution in [1.29, 1.82) is 0 Å². The highest BCUT2D eigenvalue weighted by Crippen LogP contribution is 2.37. The van der Waals surface area contributed by atoms with Crippen molar-refractivity contribution in [2.45, 2.75) is 52.4 Å². The molecule has 0 aliphatic heterocycles. The van der Waals surface area contributed by atoms with E-state index in [1.54, 1.807) is 17.5 Å². The Hall–Kier alpha value is -2.06. The number of fused-ring (bicyclic) bond motifs is 1. The molecule has 1 aliphatic carbocycles. The van der Waals surface area contributed by atoms with E-state index in [0.717, 1.165) is 41.9 Å². The number of aromatic nitrogens is 2. The molecule has 2 aromatic heterocycles. The predicted octanol–water partition coefficient (Wildman–Crippen LogP) is 4.49. The lowest BCUT2D eigenvalue weighted by Crippen LogP contribution is -2.21. The molecule has 8 heteroatoms. The quantitative estimate of drug-likeness (QED) is 0.574. The van der Waals surface area contributed by atoms with Crippen molar-refractivity contribution >= 4 is 45.6 Å². The maximum absolute atomic E-state index is 12.6. The van der Waals surface area contributed by atoms with E-state index in [0.29, 0.717) is 23.2 Å². The molecule has 1 aliphatic rings. The maximum atomic E-state index is 12.6. The third-order valence-electron chi connectivity index (χ3n) is 4.40. The van der Waals surface area contributed by atoms with Crippen LogP contribution < -0.4 is 10.6 Å². The molecule has 2 aromatic rings. The number of anilines is 2. The first-order valence-electron chi connectivity index (χ1n) is 9.27. The van der Waals surface area contributed by atoms with Gasteiger partial charge in [-0.15, -0.1) is 11.3 Å². The fraction of sp³-hybridized carbons (Fsp3) is 0.474. The Morgan fingerprint density at radius 3 is 2.78 bits per heavy atom. The van der Waals surface area contributed by atoms with Crippen LogP contribution in [0.3, 0.4) is 0 Å². The van der Waals surface area contributed by atoms with Crippen LogP contribution in [-0.2, 0) is 17.6 Å². The third kappa shape index (κ3) is 5.01. The molecule has 6 nitrogen and oxygen atoms in total. The second-order valence-electron chi connectivity index (χ2n) is 6.44. The van der Waals surface area contributed by atoms with E-state index in [1.807, 2.05) is 19.9 Å². The van der Waals surface area contributed by atoms with Crippen LogP contribution >= 0.6 is 23.6 Å². The van der Waals surface area contributed by atoms with Crippen molar-refractivity contribution < 1.29 is 9.53 Å². The van der Waals surface area contributed by atoms with Crippen molar-refractivity contribution in [1.82, 2.24) is 9.97 Å². The number of carbonyl (C=O) groups is 1. The number of thiocarbonyl (C=S) groups is 1. The molecular formula is C19H24N4O2S2. The lowest BCUT2D eigenvalue weighted by Gasteiger charge is -2.12. The number of carbonyl (C=O) groups excluding carboxylic acids is 1. The molecule has 2 heterocycles. The van der Waals surface area contributed by atoms with E-state index in [-0.39, 0.29) is 5.97 Å². The molecule has 27 heavy (non-hydrogen) atoms. The molecule has 0 aromatic carbocycles. The molecule has 3 rings (SSSR count). The number of ether oxygens (including phenoxy) is 1. The largest absolute Gasteiger partial charge is 0.462 e. The fourth-order valence-electron chi connectivity index (χ4n) is 3.17. The highest BCUT2D eigenvalue weighted by molar-refractivity contribution is 7.80. The molecule has 0 saturated heterocycles. The number of aryl methyl sites for hydroxylation is 2. The van der Waals surface area contributed by atoms with Crippen LogP contribution in [0.5, 0.6) is 0 Å². The zero-order chi connectivity index (χ0) is 19.2. The monoisotopic (exact) mass is 404 g/mol. The molecule has 0 spiro atoms. The van der Waals surface area contributed by atoms with E-state index in [4.69, 9.17) is 17.0 Å². The first kappa shape index (κ1) is 19.7. The zero-order valence-electron chi connectivity index (χ0n) is 15.6. The van der Waals surface area contributed by atoms with Crippen LogP contribution in [0.2, 0.25) is 0 Å². The highest BCUT2D eigenvalue weighted by atomic mass is 32.1. The first-order chi connectivity index (χ1) is 13.1. The van der Waals surface area contributed by atoms with Crippen LogP contribution in [0.1, 0.15) is 59.1 Å².